The first-order chi connectivity index (χ1) is 17.0. The van der Waals surface area contributed by atoms with Gasteiger partial charge in [0.05, 0.1) is 11.4 Å². The predicted octanol–water partition coefficient (Wildman–Crippen LogP) is 7.45. The normalized spacial score (nSPS) is 14.8. The van der Waals surface area contributed by atoms with Gasteiger partial charge in [-0.1, -0.05) is 72.3 Å². The molecule has 4 nitrogen and oxygen atoms in total. The molecule has 0 aromatic heterocycles. The standard InChI is InChI=1S/C28H19ClFNO3S/c29-25-15-22(30)11-10-20(25)16-31-27(32)26(35-28(31)33)14-18-8-12-23(13-9-18)34-17-21-6-3-5-19-4-1-2-7-24(19)21/h1-15H,16-17H2/b26-14+. The van der Waals surface area contributed by atoms with E-state index in [4.69, 9.17) is 16.3 Å². The molecule has 0 aliphatic carbocycles. The number of hydrogen-bond acceptors (Lipinski definition) is 4. The maximum Gasteiger partial charge on any atom is 0.293 e. The summed E-state index contributed by atoms with van der Waals surface area (Å²) in [6.45, 7) is 0.424. The molecular weight excluding hydrogens is 485 g/mol. The summed E-state index contributed by atoms with van der Waals surface area (Å²) >= 11 is 6.92. The highest BCUT2D eigenvalue weighted by Gasteiger charge is 2.35. The van der Waals surface area contributed by atoms with E-state index in [1.165, 1.54) is 17.5 Å². The smallest absolute Gasteiger partial charge is 0.293 e. The average Bonchev–Trinajstić information content (AvgIpc) is 3.12. The van der Waals surface area contributed by atoms with E-state index in [-0.39, 0.29) is 11.6 Å². The number of amides is 2. The van der Waals surface area contributed by atoms with Crippen LogP contribution in [0.1, 0.15) is 16.7 Å². The van der Waals surface area contributed by atoms with Gasteiger partial charge in [-0.25, -0.2) is 4.39 Å². The third-order valence-electron chi connectivity index (χ3n) is 5.67. The van der Waals surface area contributed by atoms with Gasteiger partial charge in [0.15, 0.2) is 0 Å². The van der Waals surface area contributed by atoms with Gasteiger partial charge < -0.3 is 4.74 Å². The number of rotatable bonds is 6. The molecule has 1 saturated heterocycles. The largest absolute Gasteiger partial charge is 0.489 e. The molecule has 2 amide bonds. The third-order valence-corrected chi connectivity index (χ3v) is 6.93. The van der Waals surface area contributed by atoms with Gasteiger partial charge in [-0.3, -0.25) is 14.5 Å². The average molecular weight is 504 g/mol. The topological polar surface area (TPSA) is 46.6 Å². The van der Waals surface area contributed by atoms with Crippen molar-refractivity contribution < 1.29 is 18.7 Å². The van der Waals surface area contributed by atoms with Crippen LogP contribution in [0.3, 0.4) is 0 Å². The zero-order valence-corrected chi connectivity index (χ0v) is 20.0. The van der Waals surface area contributed by atoms with Gasteiger partial charge in [0.1, 0.15) is 18.2 Å². The van der Waals surface area contributed by atoms with Crippen molar-refractivity contribution in [1.29, 1.82) is 0 Å². The maximum absolute atomic E-state index is 13.3. The Kier molecular flexibility index (Phi) is 6.57. The summed E-state index contributed by atoms with van der Waals surface area (Å²) in [5.74, 6) is -0.178. The molecule has 0 spiro atoms. The molecule has 4 aromatic rings. The van der Waals surface area contributed by atoms with Crippen LogP contribution < -0.4 is 4.74 Å². The van der Waals surface area contributed by atoms with E-state index in [1.807, 2.05) is 48.5 Å². The first-order valence-corrected chi connectivity index (χ1v) is 12.1. The van der Waals surface area contributed by atoms with Crippen LogP contribution in [0.15, 0.2) is 89.8 Å². The molecule has 1 aliphatic heterocycles. The van der Waals surface area contributed by atoms with Crippen LogP contribution in [-0.2, 0) is 17.9 Å². The van der Waals surface area contributed by atoms with Crippen LogP contribution in [0, 0.1) is 5.82 Å². The van der Waals surface area contributed by atoms with Gasteiger partial charge in [0.25, 0.3) is 11.1 Å². The van der Waals surface area contributed by atoms with Gasteiger partial charge >= 0.3 is 0 Å². The minimum absolute atomic E-state index is 0.0118. The second kappa shape index (κ2) is 9.94. The Bertz CT molecular complexity index is 1460. The molecule has 0 atom stereocenters. The molecule has 0 bridgehead atoms. The van der Waals surface area contributed by atoms with Crippen LogP contribution in [0.5, 0.6) is 5.75 Å². The number of thioether (sulfide) groups is 1. The Morgan fingerprint density at radius 2 is 1.69 bits per heavy atom. The van der Waals surface area contributed by atoms with Crippen LogP contribution in [0.4, 0.5) is 9.18 Å². The first kappa shape index (κ1) is 23.1. The van der Waals surface area contributed by atoms with E-state index in [0.717, 1.165) is 39.2 Å². The lowest BCUT2D eigenvalue weighted by Crippen LogP contribution is -2.27. The predicted molar refractivity (Wildman–Crippen MR) is 138 cm³/mol. The number of nitrogens with zero attached hydrogens (tertiary/aromatic N) is 1. The highest BCUT2D eigenvalue weighted by atomic mass is 35.5. The van der Waals surface area contributed by atoms with Crippen molar-refractivity contribution in [1.82, 2.24) is 4.90 Å². The van der Waals surface area contributed by atoms with Crippen molar-refractivity contribution in [3.05, 3.63) is 117 Å². The molecule has 1 fully saturated rings. The molecule has 0 saturated carbocycles. The summed E-state index contributed by atoms with van der Waals surface area (Å²) in [4.78, 5) is 26.7. The molecule has 1 aliphatic rings. The van der Waals surface area contributed by atoms with Crippen LogP contribution in [0.25, 0.3) is 16.8 Å². The molecule has 174 valence electrons. The van der Waals surface area contributed by atoms with Crippen molar-refractivity contribution in [3.8, 4) is 5.75 Å². The molecule has 0 N–H and O–H groups in total. The molecule has 1 heterocycles. The van der Waals surface area contributed by atoms with Gasteiger partial charge in [0, 0.05) is 5.02 Å². The second-order valence-corrected chi connectivity index (χ2v) is 9.40. The summed E-state index contributed by atoms with van der Waals surface area (Å²) in [5.41, 5.74) is 2.37. The fourth-order valence-corrected chi connectivity index (χ4v) is 4.91. The second-order valence-electron chi connectivity index (χ2n) is 8.00. The van der Waals surface area contributed by atoms with E-state index in [2.05, 4.69) is 18.2 Å². The molecule has 7 heteroatoms. The van der Waals surface area contributed by atoms with Gasteiger partial charge in [-0.2, -0.15) is 0 Å². The molecule has 4 aromatic carbocycles. The monoisotopic (exact) mass is 503 g/mol. The van der Waals surface area contributed by atoms with Crippen molar-refractivity contribution in [2.75, 3.05) is 0 Å². The SMILES string of the molecule is O=C1S/C(=C/c2ccc(OCc3cccc4ccccc34)cc2)C(=O)N1Cc1ccc(F)cc1Cl. The summed E-state index contributed by atoms with van der Waals surface area (Å²) in [6.07, 6.45) is 1.67. The maximum atomic E-state index is 13.3. The number of benzene rings is 4. The lowest BCUT2D eigenvalue weighted by molar-refractivity contribution is -0.123. The van der Waals surface area contributed by atoms with Crippen molar-refractivity contribution in [2.45, 2.75) is 13.2 Å². The summed E-state index contributed by atoms with van der Waals surface area (Å²) in [5, 5.41) is 2.10. The summed E-state index contributed by atoms with van der Waals surface area (Å²) < 4.78 is 19.3. The fraction of sp³-hybridized carbons (Fsp3) is 0.0714. The Hall–Kier alpha value is -3.61. The minimum atomic E-state index is -0.475. The summed E-state index contributed by atoms with van der Waals surface area (Å²) in [7, 11) is 0. The minimum Gasteiger partial charge on any atom is -0.489 e. The molecule has 0 radical (unpaired) electrons. The molecule has 0 unspecified atom stereocenters. The number of halogens is 2. The Morgan fingerprint density at radius 1 is 0.914 bits per heavy atom. The highest BCUT2D eigenvalue weighted by Crippen LogP contribution is 2.34. The van der Waals surface area contributed by atoms with E-state index < -0.39 is 17.0 Å². The highest BCUT2D eigenvalue weighted by molar-refractivity contribution is 8.18. The van der Waals surface area contributed by atoms with Crippen molar-refractivity contribution in [3.63, 3.8) is 0 Å². The van der Waals surface area contributed by atoms with Gasteiger partial charge in [-0.15, -0.1) is 0 Å². The zero-order chi connectivity index (χ0) is 24.4. The van der Waals surface area contributed by atoms with Gasteiger partial charge in [-0.05, 0) is 69.6 Å². The number of carbonyl (C=O) groups is 2. The summed E-state index contributed by atoms with van der Waals surface area (Å²) in [6, 6.07) is 25.5. The first-order valence-electron chi connectivity index (χ1n) is 10.9. The van der Waals surface area contributed by atoms with Crippen LogP contribution in [-0.4, -0.2) is 16.0 Å². The molecular formula is C28H19ClFNO3S. The molecule has 5 rings (SSSR count). The Labute approximate surface area is 211 Å². The lowest BCUT2D eigenvalue weighted by atomic mass is 10.1. The van der Waals surface area contributed by atoms with Crippen molar-refractivity contribution >= 4 is 51.4 Å². The van der Waals surface area contributed by atoms with E-state index in [1.54, 1.807) is 6.08 Å². The van der Waals surface area contributed by atoms with Crippen LogP contribution in [0.2, 0.25) is 5.02 Å². The van der Waals surface area contributed by atoms with Gasteiger partial charge in [0.2, 0.25) is 0 Å². The number of carbonyl (C=O) groups excluding carboxylic acids is 2. The van der Waals surface area contributed by atoms with Crippen LogP contribution >= 0.6 is 23.4 Å². The Morgan fingerprint density at radius 3 is 2.49 bits per heavy atom. The lowest BCUT2D eigenvalue weighted by Gasteiger charge is -2.13. The number of imide groups is 1. The number of fused-ring (bicyclic) bond motifs is 1. The quantitative estimate of drug-likeness (QED) is 0.256. The van der Waals surface area contributed by atoms with Crippen molar-refractivity contribution in [2.24, 2.45) is 0 Å². The van der Waals surface area contributed by atoms with E-state index >= 15 is 0 Å². The number of ether oxygens (including phenoxy) is 1. The third kappa shape index (κ3) is 5.09. The van der Waals surface area contributed by atoms with E-state index in [9.17, 15) is 14.0 Å². The number of hydrogen-bond donors (Lipinski definition) is 0. The molecule has 35 heavy (non-hydrogen) atoms. The van der Waals surface area contributed by atoms with E-state index in [0.29, 0.717) is 22.8 Å². The fourth-order valence-electron chi connectivity index (χ4n) is 3.85. The Balaban J connectivity index is 1.26. The zero-order valence-electron chi connectivity index (χ0n) is 18.4.